The predicted molar refractivity (Wildman–Crippen MR) is 136 cm³/mol. The van der Waals surface area contributed by atoms with Crippen molar-refractivity contribution >= 4 is 23.4 Å². The number of para-hydroxylation sites is 1. The average Bonchev–Trinajstić information content (AvgIpc) is 3.22. The number of thioether (sulfide) groups is 1. The zero-order valence-corrected chi connectivity index (χ0v) is 20.2. The van der Waals surface area contributed by atoms with E-state index >= 15 is 0 Å². The highest BCUT2D eigenvalue weighted by atomic mass is 32.2. The molecule has 1 heterocycles. The molecule has 6 heteroatoms. The van der Waals surface area contributed by atoms with Gasteiger partial charge in [0.1, 0.15) is 0 Å². The van der Waals surface area contributed by atoms with E-state index in [4.69, 9.17) is 0 Å². The fourth-order valence-corrected chi connectivity index (χ4v) is 4.44. The van der Waals surface area contributed by atoms with Crippen LogP contribution in [0.25, 0.3) is 17.1 Å². The average molecular weight is 457 g/mol. The molecule has 168 valence electrons. The molecule has 0 aliphatic rings. The van der Waals surface area contributed by atoms with E-state index in [-0.39, 0.29) is 11.7 Å². The summed E-state index contributed by atoms with van der Waals surface area (Å²) in [5.74, 6) is 1.26. The SMILES string of the molecule is Cc1ccc(-n2c(SCC(=O)Nc3ccccc3C(C)C)nnc2-c2cccc(C)c2)cc1. The second kappa shape index (κ2) is 10.0. The molecule has 4 rings (SSSR count). The Morgan fingerprint density at radius 2 is 1.70 bits per heavy atom. The van der Waals surface area contributed by atoms with Crippen molar-refractivity contribution < 1.29 is 4.79 Å². The summed E-state index contributed by atoms with van der Waals surface area (Å²) < 4.78 is 2.02. The Morgan fingerprint density at radius 1 is 0.939 bits per heavy atom. The van der Waals surface area contributed by atoms with E-state index in [0.717, 1.165) is 33.9 Å². The Labute approximate surface area is 199 Å². The van der Waals surface area contributed by atoms with Gasteiger partial charge in [0.25, 0.3) is 0 Å². The molecular formula is C27H28N4OS. The first-order chi connectivity index (χ1) is 15.9. The molecule has 1 amide bonds. The van der Waals surface area contributed by atoms with Crippen LogP contribution in [0.3, 0.4) is 0 Å². The molecule has 4 aromatic rings. The van der Waals surface area contributed by atoms with Gasteiger partial charge in [0.15, 0.2) is 11.0 Å². The summed E-state index contributed by atoms with van der Waals surface area (Å²) >= 11 is 1.38. The number of benzene rings is 3. The normalized spacial score (nSPS) is 11.1. The minimum atomic E-state index is -0.0661. The topological polar surface area (TPSA) is 59.8 Å². The lowest BCUT2D eigenvalue weighted by Crippen LogP contribution is -2.16. The highest BCUT2D eigenvalue weighted by molar-refractivity contribution is 7.99. The number of rotatable bonds is 7. The van der Waals surface area contributed by atoms with Gasteiger partial charge in [-0.25, -0.2) is 0 Å². The lowest BCUT2D eigenvalue weighted by atomic mass is 10.0. The summed E-state index contributed by atoms with van der Waals surface area (Å²) in [4.78, 5) is 12.8. The van der Waals surface area contributed by atoms with Gasteiger partial charge >= 0.3 is 0 Å². The monoisotopic (exact) mass is 456 g/mol. The molecule has 0 saturated carbocycles. The lowest BCUT2D eigenvalue weighted by Gasteiger charge is -2.14. The number of nitrogens with zero attached hydrogens (tertiary/aromatic N) is 3. The minimum absolute atomic E-state index is 0.0661. The van der Waals surface area contributed by atoms with Crippen LogP contribution in [0.2, 0.25) is 0 Å². The molecule has 1 aromatic heterocycles. The van der Waals surface area contributed by atoms with E-state index in [1.165, 1.54) is 17.3 Å². The third kappa shape index (κ3) is 5.34. The Kier molecular flexibility index (Phi) is 6.94. The van der Waals surface area contributed by atoms with Crippen LogP contribution < -0.4 is 5.32 Å². The number of aromatic nitrogens is 3. The fourth-order valence-electron chi connectivity index (χ4n) is 3.69. The molecule has 0 radical (unpaired) electrons. The van der Waals surface area contributed by atoms with Crippen molar-refractivity contribution in [3.05, 3.63) is 89.5 Å². The first kappa shape index (κ1) is 22.8. The summed E-state index contributed by atoms with van der Waals surface area (Å²) in [6.07, 6.45) is 0. The van der Waals surface area contributed by atoms with E-state index in [9.17, 15) is 4.79 Å². The van der Waals surface area contributed by atoms with Crippen molar-refractivity contribution in [2.75, 3.05) is 11.1 Å². The number of aryl methyl sites for hydroxylation is 2. The number of anilines is 1. The van der Waals surface area contributed by atoms with Gasteiger partial charge in [-0.2, -0.15) is 0 Å². The fraction of sp³-hybridized carbons (Fsp3) is 0.222. The van der Waals surface area contributed by atoms with Crippen LogP contribution in [0.5, 0.6) is 0 Å². The first-order valence-corrected chi connectivity index (χ1v) is 12.0. The largest absolute Gasteiger partial charge is 0.325 e. The molecule has 0 atom stereocenters. The van der Waals surface area contributed by atoms with Crippen molar-refractivity contribution in [3.63, 3.8) is 0 Å². The zero-order valence-electron chi connectivity index (χ0n) is 19.4. The summed E-state index contributed by atoms with van der Waals surface area (Å²) in [5.41, 5.74) is 6.28. The Morgan fingerprint density at radius 3 is 2.42 bits per heavy atom. The third-order valence-corrected chi connectivity index (χ3v) is 6.32. The highest BCUT2D eigenvalue weighted by Crippen LogP contribution is 2.29. The molecule has 5 nitrogen and oxygen atoms in total. The zero-order chi connectivity index (χ0) is 23.4. The summed E-state index contributed by atoms with van der Waals surface area (Å²) in [6.45, 7) is 8.37. The molecule has 0 fully saturated rings. The molecular weight excluding hydrogens is 428 g/mol. The maximum absolute atomic E-state index is 12.8. The standard InChI is InChI=1S/C27H28N4OS/c1-18(2)23-10-5-6-11-24(23)28-25(32)17-33-27-30-29-26(21-9-7-8-20(4)16-21)31(27)22-14-12-19(3)13-15-22/h5-16,18H,17H2,1-4H3,(H,28,32). The highest BCUT2D eigenvalue weighted by Gasteiger charge is 2.18. The smallest absolute Gasteiger partial charge is 0.234 e. The third-order valence-electron chi connectivity index (χ3n) is 5.39. The van der Waals surface area contributed by atoms with E-state index < -0.39 is 0 Å². The molecule has 0 aliphatic heterocycles. The lowest BCUT2D eigenvalue weighted by molar-refractivity contribution is -0.113. The Balaban J connectivity index is 1.60. The summed E-state index contributed by atoms with van der Waals surface area (Å²) in [7, 11) is 0. The van der Waals surface area contributed by atoms with Crippen molar-refractivity contribution in [3.8, 4) is 17.1 Å². The Bertz CT molecular complexity index is 1260. The van der Waals surface area contributed by atoms with Crippen molar-refractivity contribution in [2.45, 2.75) is 38.8 Å². The molecule has 0 spiro atoms. The number of carbonyl (C=O) groups is 1. The molecule has 3 aromatic carbocycles. The molecule has 33 heavy (non-hydrogen) atoms. The molecule has 0 saturated heterocycles. The van der Waals surface area contributed by atoms with Crippen molar-refractivity contribution in [2.24, 2.45) is 0 Å². The van der Waals surface area contributed by atoms with Crippen LogP contribution in [0.15, 0.2) is 78.0 Å². The van der Waals surface area contributed by atoms with Crippen LogP contribution >= 0.6 is 11.8 Å². The minimum Gasteiger partial charge on any atom is -0.325 e. The number of hydrogen-bond donors (Lipinski definition) is 1. The number of carbonyl (C=O) groups excluding carboxylic acids is 1. The van der Waals surface area contributed by atoms with Crippen molar-refractivity contribution in [1.29, 1.82) is 0 Å². The molecule has 0 aliphatic carbocycles. The van der Waals surface area contributed by atoms with Gasteiger partial charge in [0, 0.05) is 16.9 Å². The first-order valence-electron chi connectivity index (χ1n) is 11.0. The van der Waals surface area contributed by atoms with E-state index in [1.54, 1.807) is 0 Å². The van der Waals surface area contributed by atoms with Crippen molar-refractivity contribution in [1.82, 2.24) is 14.8 Å². The van der Waals surface area contributed by atoms with Crippen LogP contribution in [0.1, 0.15) is 36.5 Å². The Hall–Kier alpha value is -3.38. The summed E-state index contributed by atoms with van der Waals surface area (Å²) in [5, 5.41) is 12.7. The molecule has 1 N–H and O–H groups in total. The maximum atomic E-state index is 12.8. The van der Waals surface area contributed by atoms with E-state index in [0.29, 0.717) is 11.1 Å². The van der Waals surface area contributed by atoms with Gasteiger partial charge in [0.05, 0.1) is 5.75 Å². The van der Waals surface area contributed by atoms with E-state index in [2.05, 4.69) is 85.7 Å². The van der Waals surface area contributed by atoms with Crippen LogP contribution in [0.4, 0.5) is 5.69 Å². The molecule has 0 bridgehead atoms. The number of hydrogen-bond acceptors (Lipinski definition) is 4. The van der Waals surface area contributed by atoms with Gasteiger partial charge in [-0.05, 0) is 49.6 Å². The van der Waals surface area contributed by atoms with Crippen LogP contribution in [0, 0.1) is 13.8 Å². The van der Waals surface area contributed by atoms with Gasteiger partial charge < -0.3 is 5.32 Å². The number of nitrogens with one attached hydrogen (secondary N) is 1. The quantitative estimate of drug-likeness (QED) is 0.327. The summed E-state index contributed by atoms with van der Waals surface area (Å²) in [6, 6.07) is 24.4. The maximum Gasteiger partial charge on any atom is 0.234 e. The van der Waals surface area contributed by atoms with Gasteiger partial charge in [-0.15, -0.1) is 10.2 Å². The van der Waals surface area contributed by atoms with Crippen LogP contribution in [-0.4, -0.2) is 26.4 Å². The van der Waals surface area contributed by atoms with Gasteiger partial charge in [-0.3, -0.25) is 9.36 Å². The van der Waals surface area contributed by atoms with Gasteiger partial charge in [-0.1, -0.05) is 85.3 Å². The molecule has 0 unspecified atom stereocenters. The second-order valence-corrected chi connectivity index (χ2v) is 9.37. The van der Waals surface area contributed by atoms with E-state index in [1.807, 2.05) is 34.9 Å². The van der Waals surface area contributed by atoms with Crippen LogP contribution in [-0.2, 0) is 4.79 Å². The number of amides is 1. The van der Waals surface area contributed by atoms with Gasteiger partial charge in [0.2, 0.25) is 5.91 Å². The second-order valence-electron chi connectivity index (χ2n) is 8.43. The predicted octanol–water partition coefficient (Wildman–Crippen LogP) is 6.41.